The Morgan fingerprint density at radius 3 is 2.06 bits per heavy atom. The summed E-state index contributed by atoms with van der Waals surface area (Å²) in [4.78, 5) is 1.33. The number of hydrogen-bond donors (Lipinski definition) is 1. The summed E-state index contributed by atoms with van der Waals surface area (Å²) in [5.74, 6) is 0. The fraction of sp³-hybridized carbons (Fsp3) is 0.571. The number of thioether (sulfide) groups is 1. The molecule has 0 fully saturated rings. The first-order valence-electron chi connectivity index (χ1n) is 6.20. The van der Waals surface area contributed by atoms with Gasteiger partial charge in [0, 0.05) is 16.6 Å². The standard InChI is InChI=1S/C14H23NS/c1-4-6-12(7-5-2)15-13-8-10-14(16-3)11-9-13/h8-12,15H,4-7H2,1-3H3. The fourth-order valence-corrected chi connectivity index (χ4v) is 2.32. The summed E-state index contributed by atoms with van der Waals surface area (Å²) in [6.07, 6.45) is 7.14. The van der Waals surface area contributed by atoms with Crippen molar-refractivity contribution in [2.75, 3.05) is 11.6 Å². The zero-order valence-corrected chi connectivity index (χ0v) is 11.4. The molecular weight excluding hydrogens is 214 g/mol. The third-order valence-electron chi connectivity index (χ3n) is 2.74. The number of rotatable bonds is 7. The fourth-order valence-electron chi connectivity index (χ4n) is 1.91. The molecule has 0 amide bonds. The second kappa shape index (κ2) is 7.61. The van der Waals surface area contributed by atoms with Crippen molar-refractivity contribution >= 4 is 17.4 Å². The molecule has 0 saturated carbocycles. The summed E-state index contributed by atoms with van der Waals surface area (Å²) in [6, 6.07) is 9.37. The Labute approximate surface area is 104 Å². The van der Waals surface area contributed by atoms with Gasteiger partial charge in [0.25, 0.3) is 0 Å². The van der Waals surface area contributed by atoms with Gasteiger partial charge in [-0.05, 0) is 43.4 Å². The Balaban J connectivity index is 2.54. The summed E-state index contributed by atoms with van der Waals surface area (Å²) >= 11 is 1.79. The van der Waals surface area contributed by atoms with Crippen molar-refractivity contribution in [3.8, 4) is 0 Å². The van der Waals surface area contributed by atoms with Gasteiger partial charge in [-0.15, -0.1) is 11.8 Å². The van der Waals surface area contributed by atoms with Crippen molar-refractivity contribution in [1.82, 2.24) is 0 Å². The van der Waals surface area contributed by atoms with E-state index in [0.717, 1.165) is 0 Å². The molecule has 1 aromatic rings. The average molecular weight is 237 g/mol. The SMILES string of the molecule is CCCC(CCC)Nc1ccc(SC)cc1. The topological polar surface area (TPSA) is 12.0 Å². The van der Waals surface area contributed by atoms with E-state index in [9.17, 15) is 0 Å². The lowest BCUT2D eigenvalue weighted by atomic mass is 10.1. The Morgan fingerprint density at radius 1 is 1.06 bits per heavy atom. The average Bonchev–Trinajstić information content (AvgIpc) is 2.31. The second-order valence-electron chi connectivity index (χ2n) is 4.15. The molecule has 0 aliphatic carbocycles. The van der Waals surface area contributed by atoms with Crippen LogP contribution in [0, 0.1) is 0 Å². The van der Waals surface area contributed by atoms with E-state index in [-0.39, 0.29) is 0 Å². The molecule has 1 rings (SSSR count). The van der Waals surface area contributed by atoms with E-state index in [2.05, 4.69) is 49.7 Å². The van der Waals surface area contributed by atoms with E-state index >= 15 is 0 Å². The zero-order chi connectivity index (χ0) is 11.8. The van der Waals surface area contributed by atoms with Gasteiger partial charge >= 0.3 is 0 Å². The van der Waals surface area contributed by atoms with Crippen LogP contribution in [-0.4, -0.2) is 12.3 Å². The van der Waals surface area contributed by atoms with Crippen molar-refractivity contribution in [2.45, 2.75) is 50.5 Å². The van der Waals surface area contributed by atoms with Crippen LogP contribution in [0.15, 0.2) is 29.2 Å². The highest BCUT2D eigenvalue weighted by atomic mass is 32.2. The maximum Gasteiger partial charge on any atom is 0.0343 e. The molecular formula is C14H23NS. The third-order valence-corrected chi connectivity index (χ3v) is 3.48. The molecule has 90 valence electrons. The van der Waals surface area contributed by atoms with E-state index in [1.165, 1.54) is 36.3 Å². The number of benzene rings is 1. The smallest absolute Gasteiger partial charge is 0.0343 e. The molecule has 16 heavy (non-hydrogen) atoms. The van der Waals surface area contributed by atoms with Gasteiger partial charge in [0.15, 0.2) is 0 Å². The largest absolute Gasteiger partial charge is 0.382 e. The molecule has 0 spiro atoms. The summed E-state index contributed by atoms with van der Waals surface area (Å²) in [7, 11) is 0. The highest BCUT2D eigenvalue weighted by Gasteiger charge is 2.05. The van der Waals surface area contributed by atoms with E-state index in [1.54, 1.807) is 11.8 Å². The Bertz CT molecular complexity index is 275. The summed E-state index contributed by atoms with van der Waals surface area (Å²) < 4.78 is 0. The van der Waals surface area contributed by atoms with Crippen LogP contribution in [0.25, 0.3) is 0 Å². The van der Waals surface area contributed by atoms with Gasteiger partial charge in [-0.25, -0.2) is 0 Å². The Kier molecular flexibility index (Phi) is 6.39. The van der Waals surface area contributed by atoms with Gasteiger partial charge in [0.2, 0.25) is 0 Å². The van der Waals surface area contributed by atoms with Crippen LogP contribution in [0.2, 0.25) is 0 Å². The Hall–Kier alpha value is -0.630. The van der Waals surface area contributed by atoms with Gasteiger partial charge in [-0.1, -0.05) is 26.7 Å². The van der Waals surface area contributed by atoms with Crippen LogP contribution in [0.1, 0.15) is 39.5 Å². The summed E-state index contributed by atoms with van der Waals surface area (Å²) in [5, 5.41) is 3.62. The lowest BCUT2D eigenvalue weighted by Gasteiger charge is -2.18. The first kappa shape index (κ1) is 13.4. The van der Waals surface area contributed by atoms with Crippen LogP contribution >= 0.6 is 11.8 Å². The van der Waals surface area contributed by atoms with E-state index in [0.29, 0.717) is 6.04 Å². The molecule has 0 atom stereocenters. The van der Waals surface area contributed by atoms with Crippen LogP contribution < -0.4 is 5.32 Å². The van der Waals surface area contributed by atoms with Crippen molar-refractivity contribution < 1.29 is 0 Å². The molecule has 0 aliphatic heterocycles. The van der Waals surface area contributed by atoms with Crippen molar-refractivity contribution in [2.24, 2.45) is 0 Å². The summed E-state index contributed by atoms with van der Waals surface area (Å²) in [5.41, 5.74) is 1.25. The monoisotopic (exact) mass is 237 g/mol. The van der Waals surface area contributed by atoms with E-state index in [4.69, 9.17) is 0 Å². The molecule has 0 radical (unpaired) electrons. The molecule has 1 nitrogen and oxygen atoms in total. The van der Waals surface area contributed by atoms with Crippen LogP contribution in [-0.2, 0) is 0 Å². The van der Waals surface area contributed by atoms with Gasteiger partial charge in [0.1, 0.15) is 0 Å². The quantitative estimate of drug-likeness (QED) is 0.684. The highest BCUT2D eigenvalue weighted by molar-refractivity contribution is 7.98. The summed E-state index contributed by atoms with van der Waals surface area (Å²) in [6.45, 7) is 4.50. The number of nitrogens with one attached hydrogen (secondary N) is 1. The van der Waals surface area contributed by atoms with Crippen molar-refractivity contribution in [3.05, 3.63) is 24.3 Å². The number of anilines is 1. The Morgan fingerprint density at radius 2 is 1.62 bits per heavy atom. The predicted octanol–water partition coefficient (Wildman–Crippen LogP) is 4.79. The molecule has 0 aliphatic rings. The first-order chi connectivity index (χ1) is 7.80. The van der Waals surface area contributed by atoms with Gasteiger partial charge < -0.3 is 5.32 Å². The maximum absolute atomic E-state index is 3.62. The van der Waals surface area contributed by atoms with Crippen molar-refractivity contribution in [1.29, 1.82) is 0 Å². The molecule has 0 bridgehead atoms. The lowest BCUT2D eigenvalue weighted by molar-refractivity contribution is 0.586. The van der Waals surface area contributed by atoms with Gasteiger partial charge in [0.05, 0.1) is 0 Å². The van der Waals surface area contributed by atoms with Crippen LogP contribution in [0.3, 0.4) is 0 Å². The zero-order valence-electron chi connectivity index (χ0n) is 10.6. The normalized spacial score (nSPS) is 10.8. The first-order valence-corrected chi connectivity index (χ1v) is 7.43. The minimum Gasteiger partial charge on any atom is -0.382 e. The number of hydrogen-bond acceptors (Lipinski definition) is 2. The minimum absolute atomic E-state index is 0.634. The lowest BCUT2D eigenvalue weighted by Crippen LogP contribution is -2.18. The second-order valence-corrected chi connectivity index (χ2v) is 5.03. The molecule has 0 heterocycles. The highest BCUT2D eigenvalue weighted by Crippen LogP contribution is 2.19. The molecule has 2 heteroatoms. The van der Waals surface area contributed by atoms with Crippen LogP contribution in [0.4, 0.5) is 5.69 Å². The van der Waals surface area contributed by atoms with Gasteiger partial charge in [-0.3, -0.25) is 0 Å². The maximum atomic E-state index is 3.62. The van der Waals surface area contributed by atoms with E-state index in [1.807, 2.05) is 0 Å². The molecule has 0 saturated heterocycles. The van der Waals surface area contributed by atoms with Gasteiger partial charge in [-0.2, -0.15) is 0 Å². The predicted molar refractivity (Wildman–Crippen MR) is 75.4 cm³/mol. The van der Waals surface area contributed by atoms with E-state index < -0.39 is 0 Å². The van der Waals surface area contributed by atoms with Crippen molar-refractivity contribution in [3.63, 3.8) is 0 Å². The molecule has 1 N–H and O–H groups in total. The van der Waals surface area contributed by atoms with Crippen LogP contribution in [0.5, 0.6) is 0 Å². The molecule has 0 aromatic heterocycles. The molecule has 1 aromatic carbocycles. The third kappa shape index (κ3) is 4.48. The minimum atomic E-state index is 0.634. The molecule has 0 unspecified atom stereocenters.